The second kappa shape index (κ2) is 4.49. The molecule has 1 unspecified atom stereocenters. The Bertz CT molecular complexity index is 383. The molecule has 5 nitrogen and oxygen atoms in total. The summed E-state index contributed by atoms with van der Waals surface area (Å²) in [5.41, 5.74) is 4.98. The molecule has 1 fully saturated rings. The zero-order valence-electron chi connectivity index (χ0n) is 10.4. The first-order valence-electron chi connectivity index (χ1n) is 6.09. The quantitative estimate of drug-likeness (QED) is 0.756. The van der Waals surface area contributed by atoms with Gasteiger partial charge < -0.3 is 5.73 Å². The third-order valence-electron chi connectivity index (χ3n) is 3.23. The van der Waals surface area contributed by atoms with Crippen LogP contribution in [0.2, 0.25) is 0 Å². The summed E-state index contributed by atoms with van der Waals surface area (Å²) in [6, 6.07) is 2.08. The summed E-state index contributed by atoms with van der Waals surface area (Å²) in [6.07, 6.45) is 5.70. The average Bonchev–Trinajstić information content (AvgIpc) is 2.97. The van der Waals surface area contributed by atoms with Crippen molar-refractivity contribution in [1.82, 2.24) is 15.1 Å². The standard InChI is InChI=1S/C12H20N4O/c1-9(2)15-12(11(13)17,10-4-5-10)8-16-7-3-6-14-16/h3,6-7,9-10,15H,4-5,8H2,1-2H3,(H2,13,17). The largest absolute Gasteiger partial charge is 0.368 e. The van der Waals surface area contributed by atoms with Crippen molar-refractivity contribution in [2.75, 3.05) is 0 Å². The highest BCUT2D eigenvalue weighted by atomic mass is 16.1. The number of rotatable bonds is 6. The molecule has 0 radical (unpaired) electrons. The summed E-state index contributed by atoms with van der Waals surface area (Å²) in [5, 5.41) is 7.53. The number of aromatic nitrogens is 2. The van der Waals surface area contributed by atoms with Crippen LogP contribution in [0, 0.1) is 5.92 Å². The van der Waals surface area contributed by atoms with Crippen LogP contribution in [-0.2, 0) is 11.3 Å². The maximum atomic E-state index is 11.9. The van der Waals surface area contributed by atoms with E-state index in [4.69, 9.17) is 5.73 Å². The summed E-state index contributed by atoms with van der Waals surface area (Å²) in [7, 11) is 0. The minimum absolute atomic E-state index is 0.221. The zero-order valence-corrected chi connectivity index (χ0v) is 10.4. The van der Waals surface area contributed by atoms with Crippen LogP contribution in [-0.4, -0.2) is 27.3 Å². The molecule has 2 rings (SSSR count). The number of nitrogens with two attached hydrogens (primary N) is 1. The summed E-state index contributed by atoms with van der Waals surface area (Å²) in [6.45, 7) is 4.57. The topological polar surface area (TPSA) is 72.9 Å². The van der Waals surface area contributed by atoms with Gasteiger partial charge in [-0.25, -0.2) is 0 Å². The van der Waals surface area contributed by atoms with E-state index in [1.165, 1.54) is 0 Å². The first-order chi connectivity index (χ1) is 8.04. The van der Waals surface area contributed by atoms with E-state index in [9.17, 15) is 4.79 Å². The van der Waals surface area contributed by atoms with Crippen LogP contribution < -0.4 is 11.1 Å². The maximum Gasteiger partial charge on any atom is 0.239 e. The van der Waals surface area contributed by atoms with Crippen LogP contribution >= 0.6 is 0 Å². The van der Waals surface area contributed by atoms with E-state index in [2.05, 4.69) is 10.4 Å². The molecule has 0 aromatic carbocycles. The van der Waals surface area contributed by atoms with Gasteiger partial charge in [-0.15, -0.1) is 0 Å². The molecule has 94 valence electrons. The van der Waals surface area contributed by atoms with Gasteiger partial charge in [0.2, 0.25) is 5.91 Å². The van der Waals surface area contributed by atoms with E-state index < -0.39 is 5.54 Å². The van der Waals surface area contributed by atoms with Crippen molar-refractivity contribution in [2.45, 2.75) is 44.8 Å². The van der Waals surface area contributed by atoms with Gasteiger partial charge >= 0.3 is 0 Å². The molecule has 0 aliphatic heterocycles. The fourth-order valence-corrected chi connectivity index (χ4v) is 2.38. The number of carbonyl (C=O) groups excluding carboxylic acids is 1. The normalized spacial score (nSPS) is 19.2. The van der Waals surface area contributed by atoms with E-state index in [-0.39, 0.29) is 11.9 Å². The molecule has 3 N–H and O–H groups in total. The number of primary amides is 1. The Morgan fingerprint density at radius 1 is 1.65 bits per heavy atom. The van der Waals surface area contributed by atoms with Crippen molar-refractivity contribution in [2.24, 2.45) is 11.7 Å². The first kappa shape index (κ1) is 12.1. The molecule has 5 heteroatoms. The van der Waals surface area contributed by atoms with Gasteiger partial charge in [0.15, 0.2) is 0 Å². The highest BCUT2D eigenvalue weighted by Gasteiger charge is 2.50. The van der Waals surface area contributed by atoms with E-state index >= 15 is 0 Å². The molecular formula is C12H20N4O. The Morgan fingerprint density at radius 2 is 2.35 bits per heavy atom. The smallest absolute Gasteiger partial charge is 0.239 e. The fourth-order valence-electron chi connectivity index (χ4n) is 2.38. The Morgan fingerprint density at radius 3 is 2.76 bits per heavy atom. The van der Waals surface area contributed by atoms with E-state index in [1.807, 2.05) is 26.1 Å². The monoisotopic (exact) mass is 236 g/mol. The van der Waals surface area contributed by atoms with Crippen molar-refractivity contribution in [3.8, 4) is 0 Å². The third-order valence-corrected chi connectivity index (χ3v) is 3.23. The third kappa shape index (κ3) is 2.49. The predicted octanol–water partition coefficient (Wildman–Crippen LogP) is 0.515. The number of carbonyl (C=O) groups is 1. The molecule has 1 saturated carbocycles. The van der Waals surface area contributed by atoms with Crippen LogP contribution in [0.1, 0.15) is 26.7 Å². The predicted molar refractivity (Wildman–Crippen MR) is 65.1 cm³/mol. The lowest BCUT2D eigenvalue weighted by Gasteiger charge is -2.34. The highest BCUT2D eigenvalue weighted by molar-refractivity contribution is 5.85. The van der Waals surface area contributed by atoms with Gasteiger partial charge in [-0.1, -0.05) is 0 Å². The minimum Gasteiger partial charge on any atom is -0.368 e. The molecule has 1 atom stereocenters. The summed E-state index contributed by atoms with van der Waals surface area (Å²) >= 11 is 0. The molecule has 17 heavy (non-hydrogen) atoms. The molecule has 1 aromatic heterocycles. The van der Waals surface area contributed by atoms with Gasteiger partial charge in [-0.05, 0) is 38.7 Å². The molecule has 1 aromatic rings. The lowest BCUT2D eigenvalue weighted by atomic mass is 9.91. The van der Waals surface area contributed by atoms with E-state index in [1.54, 1.807) is 10.9 Å². The number of nitrogens with one attached hydrogen (secondary N) is 1. The molecule has 0 spiro atoms. The molecule has 1 amide bonds. The average molecular weight is 236 g/mol. The van der Waals surface area contributed by atoms with Crippen molar-refractivity contribution >= 4 is 5.91 Å². The van der Waals surface area contributed by atoms with E-state index in [0.29, 0.717) is 12.5 Å². The van der Waals surface area contributed by atoms with Gasteiger partial charge in [0, 0.05) is 18.4 Å². The highest BCUT2D eigenvalue weighted by Crippen LogP contribution is 2.40. The lowest BCUT2D eigenvalue weighted by molar-refractivity contribution is -0.126. The fraction of sp³-hybridized carbons (Fsp3) is 0.667. The molecular weight excluding hydrogens is 216 g/mol. The lowest BCUT2D eigenvalue weighted by Crippen LogP contribution is -2.61. The summed E-state index contributed by atoms with van der Waals surface area (Å²) in [5.74, 6) is 0.0656. The maximum absolute atomic E-state index is 11.9. The van der Waals surface area contributed by atoms with Gasteiger partial charge in [-0.3, -0.25) is 14.8 Å². The van der Waals surface area contributed by atoms with Crippen LogP contribution in [0.4, 0.5) is 0 Å². The zero-order chi connectivity index (χ0) is 12.5. The van der Waals surface area contributed by atoms with Gasteiger partial charge in [0.05, 0.1) is 6.54 Å². The van der Waals surface area contributed by atoms with Gasteiger partial charge in [0.25, 0.3) is 0 Å². The Hall–Kier alpha value is -1.36. The number of nitrogens with zero attached hydrogens (tertiary/aromatic N) is 2. The Kier molecular flexibility index (Phi) is 3.19. The minimum atomic E-state index is -0.653. The van der Waals surface area contributed by atoms with Crippen LogP contribution in [0.25, 0.3) is 0 Å². The van der Waals surface area contributed by atoms with Crippen molar-refractivity contribution in [3.63, 3.8) is 0 Å². The van der Waals surface area contributed by atoms with Crippen molar-refractivity contribution in [3.05, 3.63) is 18.5 Å². The van der Waals surface area contributed by atoms with Gasteiger partial charge in [-0.2, -0.15) is 5.10 Å². The van der Waals surface area contributed by atoms with Crippen LogP contribution in [0.3, 0.4) is 0 Å². The summed E-state index contributed by atoms with van der Waals surface area (Å²) in [4.78, 5) is 11.9. The van der Waals surface area contributed by atoms with Gasteiger partial charge in [0.1, 0.15) is 5.54 Å². The molecule has 0 saturated heterocycles. The second-order valence-electron chi connectivity index (χ2n) is 5.11. The van der Waals surface area contributed by atoms with Crippen LogP contribution in [0.15, 0.2) is 18.5 Å². The number of hydrogen-bond acceptors (Lipinski definition) is 3. The van der Waals surface area contributed by atoms with E-state index in [0.717, 1.165) is 12.8 Å². The van der Waals surface area contributed by atoms with Crippen molar-refractivity contribution in [1.29, 1.82) is 0 Å². The molecule has 1 heterocycles. The Balaban J connectivity index is 2.23. The number of amides is 1. The Labute approximate surface area is 101 Å². The molecule has 1 aliphatic carbocycles. The first-order valence-corrected chi connectivity index (χ1v) is 6.09. The second-order valence-corrected chi connectivity index (χ2v) is 5.11. The molecule has 0 bridgehead atoms. The van der Waals surface area contributed by atoms with Crippen LogP contribution in [0.5, 0.6) is 0 Å². The SMILES string of the molecule is CC(C)NC(Cn1cccn1)(C(N)=O)C1CC1. The summed E-state index contributed by atoms with van der Waals surface area (Å²) < 4.78 is 1.78. The van der Waals surface area contributed by atoms with Crippen molar-refractivity contribution < 1.29 is 4.79 Å². The molecule has 1 aliphatic rings. The number of hydrogen-bond donors (Lipinski definition) is 2.